The van der Waals surface area contributed by atoms with Crippen molar-refractivity contribution in [2.24, 2.45) is 0 Å². The summed E-state index contributed by atoms with van der Waals surface area (Å²) < 4.78 is 0. The molecule has 0 fully saturated rings. The first-order valence-corrected chi connectivity index (χ1v) is 8.11. The van der Waals surface area contributed by atoms with Gasteiger partial charge in [-0.1, -0.05) is 24.3 Å². The molecule has 1 amide bonds. The monoisotopic (exact) mass is 315 g/mol. The molecule has 4 nitrogen and oxygen atoms in total. The Bertz CT molecular complexity index is 750. The zero-order chi connectivity index (χ0) is 14.7. The summed E-state index contributed by atoms with van der Waals surface area (Å²) in [6, 6.07) is 11.8. The molecule has 3 N–H and O–H groups in total. The van der Waals surface area contributed by atoms with Crippen LogP contribution in [0.25, 0.3) is 10.4 Å². The molecule has 0 aliphatic rings. The lowest BCUT2D eigenvalue weighted by Crippen LogP contribution is -2.15. The Hall–Kier alpha value is -2.18. The summed E-state index contributed by atoms with van der Waals surface area (Å²) in [4.78, 5) is 17.4. The number of thiophene rings is 1. The van der Waals surface area contributed by atoms with E-state index in [1.165, 1.54) is 11.3 Å². The Morgan fingerprint density at radius 2 is 2.05 bits per heavy atom. The average Bonchev–Trinajstić information content (AvgIpc) is 3.11. The van der Waals surface area contributed by atoms with E-state index < -0.39 is 0 Å². The van der Waals surface area contributed by atoms with Gasteiger partial charge >= 0.3 is 0 Å². The second-order valence-corrected chi connectivity index (χ2v) is 6.26. The zero-order valence-electron chi connectivity index (χ0n) is 11.1. The number of anilines is 2. The molecule has 0 saturated heterocycles. The number of rotatable bonds is 4. The van der Waals surface area contributed by atoms with Gasteiger partial charge in [0.2, 0.25) is 5.91 Å². The SMILES string of the molecule is Nc1nc(CC(=O)Nc2ccccc2-c2cccs2)cs1. The normalized spacial score (nSPS) is 10.5. The molecular weight excluding hydrogens is 302 g/mol. The standard InChI is InChI=1S/C15H13N3OS2/c16-15-17-10(9-21-15)8-14(19)18-12-5-2-1-4-11(12)13-6-3-7-20-13/h1-7,9H,8H2,(H2,16,17)(H,18,19). The van der Waals surface area contributed by atoms with E-state index in [0.717, 1.165) is 16.1 Å². The average molecular weight is 315 g/mol. The fourth-order valence-corrected chi connectivity index (χ4v) is 3.33. The minimum atomic E-state index is -0.0932. The predicted octanol–water partition coefficient (Wildman–Crippen LogP) is 3.64. The smallest absolute Gasteiger partial charge is 0.230 e. The van der Waals surface area contributed by atoms with Crippen LogP contribution >= 0.6 is 22.7 Å². The number of thiazole rings is 1. The number of aromatic nitrogens is 1. The number of para-hydroxylation sites is 1. The van der Waals surface area contributed by atoms with Crippen molar-refractivity contribution in [3.8, 4) is 10.4 Å². The molecule has 2 aromatic heterocycles. The number of hydrogen-bond donors (Lipinski definition) is 2. The second kappa shape index (κ2) is 6.07. The summed E-state index contributed by atoms with van der Waals surface area (Å²) in [7, 11) is 0. The van der Waals surface area contributed by atoms with Crippen molar-refractivity contribution < 1.29 is 4.79 Å². The molecule has 1 aromatic carbocycles. The van der Waals surface area contributed by atoms with Crippen molar-refractivity contribution in [3.63, 3.8) is 0 Å². The first-order valence-electron chi connectivity index (χ1n) is 6.35. The fraction of sp³-hybridized carbons (Fsp3) is 0.0667. The van der Waals surface area contributed by atoms with Crippen molar-refractivity contribution in [3.05, 3.63) is 52.9 Å². The van der Waals surface area contributed by atoms with E-state index in [4.69, 9.17) is 5.73 Å². The highest BCUT2D eigenvalue weighted by molar-refractivity contribution is 7.13. The molecule has 0 saturated carbocycles. The maximum atomic E-state index is 12.1. The molecule has 0 spiro atoms. The number of nitrogens with zero attached hydrogens (tertiary/aromatic N) is 1. The van der Waals surface area contributed by atoms with Crippen LogP contribution in [0.15, 0.2) is 47.2 Å². The minimum absolute atomic E-state index is 0.0932. The third kappa shape index (κ3) is 3.29. The van der Waals surface area contributed by atoms with Crippen LogP contribution in [0.4, 0.5) is 10.8 Å². The number of hydrogen-bond acceptors (Lipinski definition) is 5. The van der Waals surface area contributed by atoms with Crippen LogP contribution in [-0.2, 0) is 11.2 Å². The van der Waals surface area contributed by atoms with Crippen LogP contribution in [0.3, 0.4) is 0 Å². The maximum absolute atomic E-state index is 12.1. The summed E-state index contributed by atoms with van der Waals surface area (Å²) in [5.74, 6) is -0.0932. The van der Waals surface area contributed by atoms with E-state index in [2.05, 4.69) is 10.3 Å². The van der Waals surface area contributed by atoms with Gasteiger partial charge in [0.1, 0.15) is 0 Å². The second-order valence-electron chi connectivity index (χ2n) is 4.42. The lowest BCUT2D eigenvalue weighted by molar-refractivity contribution is -0.115. The highest BCUT2D eigenvalue weighted by Crippen LogP contribution is 2.31. The number of carbonyl (C=O) groups is 1. The van der Waals surface area contributed by atoms with Gasteiger partial charge in [-0.05, 0) is 17.5 Å². The van der Waals surface area contributed by atoms with Gasteiger partial charge in [-0.15, -0.1) is 22.7 Å². The molecule has 0 atom stereocenters. The zero-order valence-corrected chi connectivity index (χ0v) is 12.7. The Balaban J connectivity index is 1.77. The minimum Gasteiger partial charge on any atom is -0.375 e. The first-order chi connectivity index (χ1) is 10.2. The van der Waals surface area contributed by atoms with E-state index in [9.17, 15) is 4.79 Å². The molecule has 106 valence electrons. The Morgan fingerprint density at radius 3 is 2.76 bits per heavy atom. The van der Waals surface area contributed by atoms with Crippen LogP contribution in [0.2, 0.25) is 0 Å². The summed E-state index contributed by atoms with van der Waals surface area (Å²) in [6.07, 6.45) is 0.229. The third-order valence-corrected chi connectivity index (χ3v) is 4.52. The molecule has 3 rings (SSSR count). The number of amides is 1. The van der Waals surface area contributed by atoms with Crippen LogP contribution in [0.5, 0.6) is 0 Å². The summed E-state index contributed by atoms with van der Waals surface area (Å²) in [5.41, 5.74) is 8.11. The van der Waals surface area contributed by atoms with E-state index in [-0.39, 0.29) is 12.3 Å². The van der Waals surface area contributed by atoms with Crippen LogP contribution in [0.1, 0.15) is 5.69 Å². The molecule has 0 radical (unpaired) electrons. The molecule has 0 aliphatic carbocycles. The predicted molar refractivity (Wildman–Crippen MR) is 88.6 cm³/mol. The van der Waals surface area contributed by atoms with E-state index >= 15 is 0 Å². The van der Waals surface area contributed by atoms with Gasteiger partial charge in [0, 0.05) is 21.5 Å². The maximum Gasteiger partial charge on any atom is 0.230 e. The van der Waals surface area contributed by atoms with Crippen molar-refractivity contribution in [1.29, 1.82) is 0 Å². The number of benzene rings is 1. The quantitative estimate of drug-likeness (QED) is 0.772. The Kier molecular flexibility index (Phi) is 3.98. The molecule has 0 bridgehead atoms. The van der Waals surface area contributed by atoms with E-state index in [1.807, 2.05) is 41.8 Å². The molecule has 21 heavy (non-hydrogen) atoms. The highest BCUT2D eigenvalue weighted by atomic mass is 32.1. The molecular formula is C15H13N3OS2. The summed E-state index contributed by atoms with van der Waals surface area (Å²) in [5, 5.41) is 7.26. The highest BCUT2D eigenvalue weighted by Gasteiger charge is 2.11. The fourth-order valence-electron chi connectivity index (χ4n) is 2.00. The van der Waals surface area contributed by atoms with Gasteiger partial charge in [-0.2, -0.15) is 0 Å². The number of nitrogens with one attached hydrogen (secondary N) is 1. The number of carbonyl (C=O) groups excluding carboxylic acids is 1. The molecule has 0 unspecified atom stereocenters. The van der Waals surface area contributed by atoms with Crippen molar-refractivity contribution in [2.45, 2.75) is 6.42 Å². The van der Waals surface area contributed by atoms with Gasteiger partial charge in [-0.3, -0.25) is 4.79 Å². The first kappa shape index (κ1) is 13.8. The topological polar surface area (TPSA) is 68.0 Å². The number of nitrogens with two attached hydrogens (primary N) is 1. The lowest BCUT2D eigenvalue weighted by atomic mass is 10.1. The largest absolute Gasteiger partial charge is 0.375 e. The molecule has 2 heterocycles. The Morgan fingerprint density at radius 1 is 1.19 bits per heavy atom. The van der Waals surface area contributed by atoms with E-state index in [0.29, 0.717) is 10.8 Å². The van der Waals surface area contributed by atoms with Gasteiger partial charge < -0.3 is 11.1 Å². The van der Waals surface area contributed by atoms with Gasteiger partial charge in [0.15, 0.2) is 5.13 Å². The van der Waals surface area contributed by atoms with Gasteiger partial charge in [0.25, 0.3) is 0 Å². The van der Waals surface area contributed by atoms with Crippen molar-refractivity contribution >= 4 is 39.4 Å². The van der Waals surface area contributed by atoms with Crippen LogP contribution in [-0.4, -0.2) is 10.9 Å². The van der Waals surface area contributed by atoms with Crippen LogP contribution in [0, 0.1) is 0 Å². The lowest BCUT2D eigenvalue weighted by Gasteiger charge is -2.09. The molecule has 3 aromatic rings. The van der Waals surface area contributed by atoms with Crippen molar-refractivity contribution in [1.82, 2.24) is 4.98 Å². The third-order valence-electron chi connectivity index (χ3n) is 2.90. The van der Waals surface area contributed by atoms with E-state index in [1.54, 1.807) is 16.7 Å². The van der Waals surface area contributed by atoms with Gasteiger partial charge in [-0.25, -0.2) is 4.98 Å². The Labute approximate surface area is 130 Å². The van der Waals surface area contributed by atoms with Crippen LogP contribution < -0.4 is 11.1 Å². The summed E-state index contributed by atoms with van der Waals surface area (Å²) in [6.45, 7) is 0. The molecule has 0 aliphatic heterocycles. The molecule has 6 heteroatoms. The summed E-state index contributed by atoms with van der Waals surface area (Å²) >= 11 is 2.99. The van der Waals surface area contributed by atoms with Gasteiger partial charge in [0.05, 0.1) is 12.1 Å². The van der Waals surface area contributed by atoms with Crippen molar-refractivity contribution in [2.75, 3.05) is 11.1 Å². The number of nitrogen functional groups attached to an aromatic ring is 1.